The number of hydrogen-bond donors (Lipinski definition) is 2. The van der Waals surface area contributed by atoms with Crippen molar-refractivity contribution < 1.29 is 9.00 Å². The first-order chi connectivity index (χ1) is 6.61. The summed E-state index contributed by atoms with van der Waals surface area (Å²) >= 11 is 0. The van der Waals surface area contributed by atoms with Crippen LogP contribution in [0.15, 0.2) is 11.1 Å². The van der Waals surface area contributed by atoms with Gasteiger partial charge in [-0.15, -0.1) is 0 Å². The molecule has 0 aromatic carbocycles. The molecule has 0 aromatic rings. The third-order valence-corrected chi connectivity index (χ3v) is 3.00. The predicted molar refractivity (Wildman–Crippen MR) is 57.5 cm³/mol. The number of rotatable bonds is 4. The molecule has 14 heavy (non-hydrogen) atoms. The lowest BCUT2D eigenvalue weighted by atomic mass is 10.0. The molecule has 1 fully saturated rings. The summed E-state index contributed by atoms with van der Waals surface area (Å²) in [6, 6.07) is 0. The quantitative estimate of drug-likeness (QED) is 0.617. The molecular formula is C9H16N2O2S. The highest BCUT2D eigenvalue weighted by Gasteiger charge is 2.15. The summed E-state index contributed by atoms with van der Waals surface area (Å²) in [5.41, 5.74) is 1.96. The van der Waals surface area contributed by atoms with Crippen molar-refractivity contribution in [2.75, 3.05) is 31.6 Å². The van der Waals surface area contributed by atoms with Gasteiger partial charge in [0.05, 0.1) is 0 Å². The second-order valence-electron chi connectivity index (χ2n) is 3.37. The largest absolute Gasteiger partial charge is 0.351 e. The Hall–Kier alpha value is -0.680. The normalized spacial score (nSPS) is 17.1. The highest BCUT2D eigenvalue weighted by Crippen LogP contribution is 2.08. The van der Waals surface area contributed by atoms with E-state index in [0.717, 1.165) is 18.7 Å². The molecule has 2 N–H and O–H groups in total. The molecule has 0 aromatic heterocycles. The van der Waals surface area contributed by atoms with Crippen LogP contribution in [0, 0.1) is 0 Å². The lowest BCUT2D eigenvalue weighted by Crippen LogP contribution is -2.38. The molecule has 0 saturated carbocycles. The summed E-state index contributed by atoms with van der Waals surface area (Å²) in [5.74, 6) is 0.485. The van der Waals surface area contributed by atoms with E-state index in [9.17, 15) is 9.00 Å². The van der Waals surface area contributed by atoms with E-state index in [0.29, 0.717) is 12.3 Å². The number of nitrogens with one attached hydrogen (secondary N) is 2. The Kier molecular flexibility index (Phi) is 4.28. The van der Waals surface area contributed by atoms with Crippen LogP contribution in [0.25, 0.3) is 0 Å². The van der Waals surface area contributed by atoms with E-state index in [-0.39, 0.29) is 5.91 Å². The molecule has 1 heterocycles. The zero-order chi connectivity index (χ0) is 10.6. The standard InChI is InChI=1S/C9H16N2O2S/c1-7(8-5-10-6-8)9(12)11-3-4-14(2)13/h10H,3-6H2,1-2H3,(H,11,12). The van der Waals surface area contributed by atoms with Crippen molar-refractivity contribution in [3.05, 3.63) is 11.1 Å². The van der Waals surface area contributed by atoms with Crippen LogP contribution in [0.2, 0.25) is 0 Å². The SMILES string of the molecule is CC(C(=O)NCCS(C)=O)=C1CNC1. The number of amides is 1. The summed E-state index contributed by atoms with van der Waals surface area (Å²) in [7, 11) is -0.837. The van der Waals surface area contributed by atoms with Gasteiger partial charge in [-0.1, -0.05) is 0 Å². The maximum atomic E-state index is 11.5. The predicted octanol–water partition coefficient (Wildman–Crippen LogP) is -0.599. The molecule has 0 bridgehead atoms. The lowest BCUT2D eigenvalue weighted by molar-refractivity contribution is -0.117. The molecule has 1 aliphatic rings. The Balaban J connectivity index is 2.31. The summed E-state index contributed by atoms with van der Waals surface area (Å²) < 4.78 is 10.7. The van der Waals surface area contributed by atoms with E-state index in [4.69, 9.17) is 0 Å². The first kappa shape index (κ1) is 11.4. The zero-order valence-corrected chi connectivity index (χ0v) is 9.37. The van der Waals surface area contributed by atoms with Crippen LogP contribution in [-0.4, -0.2) is 41.8 Å². The number of carbonyl (C=O) groups is 1. The van der Waals surface area contributed by atoms with Gasteiger partial charge in [0.15, 0.2) is 0 Å². The summed E-state index contributed by atoms with van der Waals surface area (Å²) in [6.07, 6.45) is 1.63. The Bertz CT molecular complexity index is 281. The smallest absolute Gasteiger partial charge is 0.246 e. The second kappa shape index (κ2) is 5.26. The molecule has 5 heteroatoms. The van der Waals surface area contributed by atoms with Crippen LogP contribution in [-0.2, 0) is 15.6 Å². The minimum Gasteiger partial charge on any atom is -0.351 e. The molecular weight excluding hydrogens is 200 g/mol. The molecule has 1 rings (SSSR count). The van der Waals surface area contributed by atoms with Gasteiger partial charge >= 0.3 is 0 Å². The third kappa shape index (κ3) is 3.23. The van der Waals surface area contributed by atoms with Crippen molar-refractivity contribution in [3.8, 4) is 0 Å². The van der Waals surface area contributed by atoms with E-state index in [2.05, 4.69) is 10.6 Å². The first-order valence-electron chi connectivity index (χ1n) is 4.59. The lowest BCUT2D eigenvalue weighted by Gasteiger charge is -2.21. The second-order valence-corrected chi connectivity index (χ2v) is 4.92. The van der Waals surface area contributed by atoms with Gasteiger partial charge in [-0.05, 0) is 12.5 Å². The summed E-state index contributed by atoms with van der Waals surface area (Å²) in [5, 5.41) is 5.83. The molecule has 0 aliphatic carbocycles. The minimum atomic E-state index is -0.837. The Morgan fingerprint density at radius 2 is 2.21 bits per heavy atom. The van der Waals surface area contributed by atoms with E-state index >= 15 is 0 Å². The minimum absolute atomic E-state index is 0.0352. The summed E-state index contributed by atoms with van der Waals surface area (Å²) in [6.45, 7) is 3.95. The average molecular weight is 216 g/mol. The van der Waals surface area contributed by atoms with Crippen LogP contribution >= 0.6 is 0 Å². The molecule has 0 radical (unpaired) electrons. The van der Waals surface area contributed by atoms with Crippen molar-refractivity contribution in [1.82, 2.24) is 10.6 Å². The van der Waals surface area contributed by atoms with Crippen LogP contribution in [0.3, 0.4) is 0 Å². The molecule has 1 amide bonds. The fourth-order valence-corrected chi connectivity index (χ4v) is 1.51. The molecule has 1 unspecified atom stereocenters. The fraction of sp³-hybridized carbons (Fsp3) is 0.667. The van der Waals surface area contributed by atoms with Gasteiger partial charge in [0.25, 0.3) is 0 Å². The Labute approximate surface area is 86.6 Å². The molecule has 0 spiro atoms. The molecule has 4 nitrogen and oxygen atoms in total. The van der Waals surface area contributed by atoms with Crippen LogP contribution in [0.1, 0.15) is 6.92 Å². The van der Waals surface area contributed by atoms with Crippen molar-refractivity contribution in [2.45, 2.75) is 6.92 Å². The molecule has 1 saturated heterocycles. The van der Waals surface area contributed by atoms with Gasteiger partial charge in [-0.3, -0.25) is 9.00 Å². The van der Waals surface area contributed by atoms with Crippen molar-refractivity contribution in [3.63, 3.8) is 0 Å². The van der Waals surface area contributed by atoms with Gasteiger partial charge < -0.3 is 10.6 Å². The zero-order valence-electron chi connectivity index (χ0n) is 8.55. The maximum absolute atomic E-state index is 11.5. The van der Waals surface area contributed by atoms with Crippen LogP contribution < -0.4 is 10.6 Å². The van der Waals surface area contributed by atoms with Gasteiger partial charge in [0, 0.05) is 48.0 Å². The van der Waals surface area contributed by atoms with E-state index in [1.165, 1.54) is 5.57 Å². The summed E-state index contributed by atoms with van der Waals surface area (Å²) in [4.78, 5) is 11.5. The van der Waals surface area contributed by atoms with E-state index in [1.54, 1.807) is 6.26 Å². The molecule has 80 valence electrons. The first-order valence-corrected chi connectivity index (χ1v) is 6.31. The Morgan fingerprint density at radius 3 is 2.64 bits per heavy atom. The van der Waals surface area contributed by atoms with E-state index in [1.807, 2.05) is 6.92 Å². The van der Waals surface area contributed by atoms with Gasteiger partial charge in [-0.25, -0.2) is 0 Å². The van der Waals surface area contributed by atoms with Gasteiger partial charge in [0.2, 0.25) is 5.91 Å². The van der Waals surface area contributed by atoms with Crippen molar-refractivity contribution in [2.24, 2.45) is 0 Å². The maximum Gasteiger partial charge on any atom is 0.246 e. The third-order valence-electron chi connectivity index (χ3n) is 2.22. The highest BCUT2D eigenvalue weighted by atomic mass is 32.2. The molecule has 1 atom stereocenters. The fourth-order valence-electron chi connectivity index (χ4n) is 1.12. The topological polar surface area (TPSA) is 58.2 Å². The number of hydrogen-bond acceptors (Lipinski definition) is 3. The van der Waals surface area contributed by atoms with Crippen LogP contribution in [0.4, 0.5) is 0 Å². The van der Waals surface area contributed by atoms with Crippen molar-refractivity contribution in [1.29, 1.82) is 0 Å². The monoisotopic (exact) mass is 216 g/mol. The van der Waals surface area contributed by atoms with Crippen molar-refractivity contribution >= 4 is 16.7 Å². The van der Waals surface area contributed by atoms with Crippen LogP contribution in [0.5, 0.6) is 0 Å². The van der Waals surface area contributed by atoms with Gasteiger partial charge in [0.1, 0.15) is 0 Å². The molecule has 1 aliphatic heterocycles. The Morgan fingerprint density at radius 1 is 1.57 bits per heavy atom. The average Bonchev–Trinajstić information content (AvgIpc) is 2.00. The van der Waals surface area contributed by atoms with E-state index < -0.39 is 10.8 Å². The number of carbonyl (C=O) groups excluding carboxylic acids is 1. The highest BCUT2D eigenvalue weighted by molar-refractivity contribution is 7.84. The van der Waals surface area contributed by atoms with Gasteiger partial charge in [-0.2, -0.15) is 0 Å².